The van der Waals surface area contributed by atoms with Gasteiger partial charge in [0, 0.05) is 11.7 Å². The van der Waals surface area contributed by atoms with Crippen LogP contribution in [0.1, 0.15) is 36.5 Å². The lowest BCUT2D eigenvalue weighted by molar-refractivity contribution is 0.0595. The molecule has 0 saturated heterocycles. The van der Waals surface area contributed by atoms with Gasteiger partial charge in [0.2, 0.25) is 0 Å². The van der Waals surface area contributed by atoms with Gasteiger partial charge in [0.25, 0.3) is 0 Å². The third kappa shape index (κ3) is 2.63. The molecule has 0 spiro atoms. The van der Waals surface area contributed by atoms with Crippen LogP contribution in [0.3, 0.4) is 0 Å². The highest BCUT2D eigenvalue weighted by molar-refractivity contribution is 5.90. The highest BCUT2D eigenvalue weighted by Gasteiger charge is 2.23. The fraction of sp³-hybridized carbons (Fsp3) is 0.500. The van der Waals surface area contributed by atoms with Crippen LogP contribution in [0.5, 0.6) is 0 Å². The molecule has 2 atom stereocenters. The molecule has 98 valence electrons. The van der Waals surface area contributed by atoms with Gasteiger partial charge in [-0.3, -0.25) is 0 Å². The van der Waals surface area contributed by atoms with Crippen LogP contribution in [-0.4, -0.2) is 19.1 Å². The number of benzene rings is 1. The maximum Gasteiger partial charge on any atom is 0.340 e. The van der Waals surface area contributed by atoms with E-state index in [4.69, 9.17) is 0 Å². The number of methoxy groups -OCH3 is 1. The maximum atomic E-state index is 13.5. The van der Waals surface area contributed by atoms with Crippen LogP contribution < -0.4 is 5.32 Å². The van der Waals surface area contributed by atoms with Crippen molar-refractivity contribution in [3.05, 3.63) is 29.6 Å². The molecule has 1 aromatic carbocycles. The molecule has 0 bridgehead atoms. The quantitative estimate of drug-likeness (QED) is 0.838. The summed E-state index contributed by atoms with van der Waals surface area (Å²) in [4.78, 5) is 11.4. The lowest BCUT2D eigenvalue weighted by Gasteiger charge is -2.19. The summed E-state index contributed by atoms with van der Waals surface area (Å²) < 4.78 is 18.0. The molecule has 2 rings (SSSR count). The first-order valence-corrected chi connectivity index (χ1v) is 6.26. The molecule has 0 amide bonds. The second kappa shape index (κ2) is 5.38. The van der Waals surface area contributed by atoms with Crippen molar-refractivity contribution in [3.8, 4) is 0 Å². The monoisotopic (exact) mass is 251 g/mol. The van der Waals surface area contributed by atoms with Crippen LogP contribution in [0.15, 0.2) is 18.2 Å². The van der Waals surface area contributed by atoms with E-state index in [-0.39, 0.29) is 5.56 Å². The van der Waals surface area contributed by atoms with Crippen LogP contribution in [0.2, 0.25) is 0 Å². The standard InChI is InChI=1S/C14H18FNO2/c1-9-4-3-5-13(9)16-10-6-7-12(15)11(8-10)14(17)18-2/h6-9,13,16H,3-5H2,1-2H3. The summed E-state index contributed by atoms with van der Waals surface area (Å²) in [6, 6.07) is 4.88. The second-order valence-electron chi connectivity index (χ2n) is 4.85. The Kier molecular flexibility index (Phi) is 3.84. The van der Waals surface area contributed by atoms with Crippen LogP contribution in [0, 0.1) is 11.7 Å². The number of halogens is 1. The first-order valence-electron chi connectivity index (χ1n) is 6.26. The lowest BCUT2D eigenvalue weighted by atomic mass is 10.1. The van der Waals surface area contributed by atoms with Gasteiger partial charge in [-0.25, -0.2) is 9.18 Å². The first kappa shape index (κ1) is 12.9. The van der Waals surface area contributed by atoms with Crippen molar-refractivity contribution in [1.29, 1.82) is 0 Å². The van der Waals surface area contributed by atoms with Crippen LogP contribution in [0.4, 0.5) is 10.1 Å². The van der Waals surface area contributed by atoms with Crippen LogP contribution in [-0.2, 0) is 4.74 Å². The molecule has 0 radical (unpaired) electrons. The zero-order chi connectivity index (χ0) is 13.1. The molecule has 3 nitrogen and oxygen atoms in total. The number of carbonyl (C=O) groups is 1. The van der Waals surface area contributed by atoms with E-state index in [2.05, 4.69) is 17.0 Å². The first-order chi connectivity index (χ1) is 8.61. The van der Waals surface area contributed by atoms with Gasteiger partial charge >= 0.3 is 5.97 Å². The number of carbonyl (C=O) groups excluding carboxylic acids is 1. The Morgan fingerprint density at radius 1 is 1.44 bits per heavy atom. The largest absolute Gasteiger partial charge is 0.465 e. The summed E-state index contributed by atoms with van der Waals surface area (Å²) in [6.07, 6.45) is 3.54. The molecule has 2 unspecified atom stereocenters. The molecule has 0 aromatic heterocycles. The van der Waals surface area contributed by atoms with E-state index in [1.807, 2.05) is 0 Å². The number of esters is 1. The van der Waals surface area contributed by atoms with E-state index in [9.17, 15) is 9.18 Å². The number of rotatable bonds is 3. The Morgan fingerprint density at radius 3 is 2.83 bits per heavy atom. The van der Waals surface area contributed by atoms with E-state index in [1.165, 1.54) is 32.1 Å². The molecule has 18 heavy (non-hydrogen) atoms. The van der Waals surface area contributed by atoms with E-state index >= 15 is 0 Å². The molecule has 1 saturated carbocycles. The molecule has 0 aliphatic heterocycles. The van der Waals surface area contributed by atoms with Crippen molar-refractivity contribution in [2.75, 3.05) is 12.4 Å². The maximum absolute atomic E-state index is 13.5. The summed E-state index contributed by atoms with van der Waals surface area (Å²) in [7, 11) is 1.25. The molecule has 1 aromatic rings. The molecular weight excluding hydrogens is 233 g/mol. The molecule has 1 aliphatic carbocycles. The fourth-order valence-corrected chi connectivity index (χ4v) is 2.46. The van der Waals surface area contributed by atoms with Crippen molar-refractivity contribution in [2.45, 2.75) is 32.2 Å². The minimum absolute atomic E-state index is 0.0202. The van der Waals surface area contributed by atoms with E-state index in [0.29, 0.717) is 12.0 Å². The number of ether oxygens (including phenoxy) is 1. The topological polar surface area (TPSA) is 38.3 Å². The highest BCUT2D eigenvalue weighted by atomic mass is 19.1. The van der Waals surface area contributed by atoms with Gasteiger partial charge in [-0.2, -0.15) is 0 Å². The summed E-state index contributed by atoms with van der Waals surface area (Å²) in [5.41, 5.74) is 0.753. The highest BCUT2D eigenvalue weighted by Crippen LogP contribution is 2.28. The Morgan fingerprint density at radius 2 is 2.22 bits per heavy atom. The van der Waals surface area contributed by atoms with Gasteiger partial charge in [0.05, 0.1) is 12.7 Å². The average Bonchev–Trinajstić information content (AvgIpc) is 2.76. The van der Waals surface area contributed by atoms with E-state index in [0.717, 1.165) is 12.1 Å². The van der Waals surface area contributed by atoms with Gasteiger partial charge in [0.1, 0.15) is 5.82 Å². The Hall–Kier alpha value is -1.58. The SMILES string of the molecule is COC(=O)c1cc(NC2CCCC2C)ccc1F. The Labute approximate surface area is 106 Å². The van der Waals surface area contributed by atoms with E-state index < -0.39 is 11.8 Å². The molecular formula is C14H18FNO2. The van der Waals surface area contributed by atoms with Crippen molar-refractivity contribution < 1.29 is 13.9 Å². The van der Waals surface area contributed by atoms with Crippen molar-refractivity contribution in [1.82, 2.24) is 0 Å². The zero-order valence-electron chi connectivity index (χ0n) is 10.7. The minimum Gasteiger partial charge on any atom is -0.465 e. The third-order valence-electron chi connectivity index (χ3n) is 3.59. The Balaban J connectivity index is 2.16. The van der Waals surface area contributed by atoms with Gasteiger partial charge in [0.15, 0.2) is 0 Å². The van der Waals surface area contributed by atoms with Crippen LogP contribution in [0.25, 0.3) is 0 Å². The fourth-order valence-electron chi connectivity index (χ4n) is 2.46. The number of hydrogen-bond donors (Lipinski definition) is 1. The number of anilines is 1. The lowest BCUT2D eigenvalue weighted by Crippen LogP contribution is -2.22. The van der Waals surface area contributed by atoms with Crippen molar-refractivity contribution >= 4 is 11.7 Å². The summed E-state index contributed by atoms with van der Waals surface area (Å²) in [5, 5.41) is 3.36. The van der Waals surface area contributed by atoms with Gasteiger partial charge < -0.3 is 10.1 Å². The van der Waals surface area contributed by atoms with Crippen molar-refractivity contribution in [3.63, 3.8) is 0 Å². The van der Waals surface area contributed by atoms with Crippen molar-refractivity contribution in [2.24, 2.45) is 5.92 Å². The molecule has 1 fully saturated rings. The smallest absolute Gasteiger partial charge is 0.340 e. The number of hydrogen-bond acceptors (Lipinski definition) is 3. The normalized spacial score (nSPS) is 22.8. The third-order valence-corrected chi connectivity index (χ3v) is 3.59. The summed E-state index contributed by atoms with van der Waals surface area (Å²) >= 11 is 0. The van der Waals surface area contributed by atoms with Gasteiger partial charge in [-0.15, -0.1) is 0 Å². The molecule has 1 aliphatic rings. The summed E-state index contributed by atoms with van der Waals surface area (Å²) in [5.74, 6) is -0.584. The second-order valence-corrected chi connectivity index (χ2v) is 4.85. The summed E-state index contributed by atoms with van der Waals surface area (Å²) in [6.45, 7) is 2.20. The predicted molar refractivity (Wildman–Crippen MR) is 68.2 cm³/mol. The van der Waals surface area contributed by atoms with E-state index in [1.54, 1.807) is 6.07 Å². The zero-order valence-corrected chi connectivity index (χ0v) is 10.7. The molecule has 0 heterocycles. The average molecular weight is 251 g/mol. The Bertz CT molecular complexity index is 447. The van der Waals surface area contributed by atoms with Gasteiger partial charge in [-0.05, 0) is 37.0 Å². The van der Waals surface area contributed by atoms with Gasteiger partial charge in [-0.1, -0.05) is 13.3 Å². The molecule has 4 heteroatoms. The number of nitrogens with one attached hydrogen (secondary N) is 1. The molecule has 1 N–H and O–H groups in total. The predicted octanol–water partition coefficient (Wildman–Crippen LogP) is 3.21. The minimum atomic E-state index is -0.643. The van der Waals surface area contributed by atoms with Crippen LogP contribution >= 0.6 is 0 Å².